The Morgan fingerprint density at radius 1 is 1.09 bits per heavy atom. The van der Waals surface area contributed by atoms with E-state index in [-0.39, 0.29) is 18.0 Å². The number of carbonyl (C=O) groups is 1. The molecular weight excluding hydrogens is 448 g/mol. The van der Waals surface area contributed by atoms with Gasteiger partial charge in [0, 0.05) is 42.0 Å². The number of nitrogens with zero attached hydrogens (tertiary/aromatic N) is 1. The number of halogens is 2. The smallest absolute Gasteiger partial charge is 0.407 e. The summed E-state index contributed by atoms with van der Waals surface area (Å²) in [7, 11) is 1.47. The van der Waals surface area contributed by atoms with E-state index in [1.807, 2.05) is 0 Å². The van der Waals surface area contributed by atoms with Crippen molar-refractivity contribution < 1.29 is 32.5 Å². The van der Waals surface area contributed by atoms with Crippen LogP contribution in [0.25, 0.3) is 10.9 Å². The normalized spacial score (nSPS) is 11.2. The zero-order chi connectivity index (χ0) is 24.9. The zero-order valence-corrected chi connectivity index (χ0v) is 19.4. The summed E-state index contributed by atoms with van der Waals surface area (Å²) in [5, 5.41) is 3.12. The number of nitrogens with two attached hydrogens (primary N) is 1. The van der Waals surface area contributed by atoms with Gasteiger partial charge in [-0.05, 0) is 39.3 Å². The number of alkyl carbamates (subject to hydrolysis) is 1. The molecule has 1 amide bonds. The fourth-order valence-corrected chi connectivity index (χ4v) is 3.04. The molecule has 0 saturated carbocycles. The van der Waals surface area contributed by atoms with E-state index in [9.17, 15) is 13.6 Å². The molecule has 1 aromatic heterocycles. The first-order valence-corrected chi connectivity index (χ1v) is 10.6. The summed E-state index contributed by atoms with van der Waals surface area (Å²) in [5.74, 6) is -1.44. The van der Waals surface area contributed by atoms with Gasteiger partial charge in [-0.3, -0.25) is 4.98 Å². The van der Waals surface area contributed by atoms with E-state index in [2.05, 4.69) is 10.3 Å². The number of rotatable bonds is 8. The molecule has 0 radical (unpaired) electrons. The Morgan fingerprint density at radius 3 is 2.44 bits per heavy atom. The van der Waals surface area contributed by atoms with Gasteiger partial charge >= 0.3 is 6.09 Å². The van der Waals surface area contributed by atoms with Crippen LogP contribution in [0.3, 0.4) is 0 Å². The minimum atomic E-state index is -0.922. The Labute approximate surface area is 196 Å². The second kappa shape index (κ2) is 10.4. The first kappa shape index (κ1) is 24.8. The highest BCUT2D eigenvalue weighted by Crippen LogP contribution is 2.38. The van der Waals surface area contributed by atoms with Crippen molar-refractivity contribution >= 4 is 22.7 Å². The van der Waals surface area contributed by atoms with Crippen molar-refractivity contribution in [2.75, 3.05) is 26.0 Å². The predicted octanol–water partition coefficient (Wildman–Crippen LogP) is 5.19. The maximum Gasteiger partial charge on any atom is 0.407 e. The maximum atomic E-state index is 14.2. The van der Waals surface area contributed by atoms with E-state index in [1.165, 1.54) is 19.4 Å². The van der Waals surface area contributed by atoms with Crippen LogP contribution >= 0.6 is 0 Å². The Kier molecular flexibility index (Phi) is 7.60. The largest absolute Gasteiger partial charge is 0.493 e. The average molecular weight is 475 g/mol. The van der Waals surface area contributed by atoms with Crippen molar-refractivity contribution in [3.63, 3.8) is 0 Å². The van der Waals surface area contributed by atoms with Crippen LogP contribution in [-0.2, 0) is 4.74 Å². The molecule has 3 aromatic rings. The fourth-order valence-electron chi connectivity index (χ4n) is 3.04. The highest BCUT2D eigenvalue weighted by Gasteiger charge is 2.17. The van der Waals surface area contributed by atoms with Crippen LogP contribution in [0.4, 0.5) is 19.3 Å². The molecule has 3 N–H and O–H groups in total. The number of nitrogens with one attached hydrogen (secondary N) is 1. The molecular formula is C24H27F2N3O5. The van der Waals surface area contributed by atoms with Gasteiger partial charge in [0.05, 0.1) is 19.2 Å². The third kappa shape index (κ3) is 6.37. The lowest BCUT2D eigenvalue weighted by atomic mass is 10.1. The van der Waals surface area contributed by atoms with E-state index in [1.54, 1.807) is 32.9 Å². The number of benzene rings is 2. The topological polar surface area (TPSA) is 105 Å². The predicted molar refractivity (Wildman–Crippen MR) is 123 cm³/mol. The second-order valence-electron chi connectivity index (χ2n) is 8.38. The second-order valence-corrected chi connectivity index (χ2v) is 8.38. The highest BCUT2D eigenvalue weighted by atomic mass is 19.1. The number of nitrogen functional groups attached to an aromatic ring is 1. The van der Waals surface area contributed by atoms with E-state index < -0.39 is 29.1 Å². The van der Waals surface area contributed by atoms with Crippen molar-refractivity contribution in [1.82, 2.24) is 10.3 Å². The zero-order valence-electron chi connectivity index (χ0n) is 19.4. The van der Waals surface area contributed by atoms with Crippen molar-refractivity contribution in [3.8, 4) is 23.0 Å². The number of hydrogen-bond acceptors (Lipinski definition) is 7. The summed E-state index contributed by atoms with van der Waals surface area (Å²) in [5.41, 5.74) is 5.31. The Hall–Kier alpha value is -3.82. The van der Waals surface area contributed by atoms with E-state index in [0.717, 1.165) is 12.1 Å². The van der Waals surface area contributed by atoms with E-state index in [0.29, 0.717) is 35.4 Å². The van der Waals surface area contributed by atoms with Crippen molar-refractivity contribution in [2.45, 2.75) is 32.8 Å². The number of fused-ring (bicyclic) bond motifs is 1. The Balaban J connectivity index is 1.72. The third-order valence-corrected chi connectivity index (χ3v) is 4.47. The molecule has 8 nitrogen and oxygen atoms in total. The number of methoxy groups -OCH3 is 1. The first-order valence-electron chi connectivity index (χ1n) is 10.6. The van der Waals surface area contributed by atoms with Crippen LogP contribution in [0, 0.1) is 11.6 Å². The Morgan fingerprint density at radius 2 is 1.79 bits per heavy atom. The number of carbonyl (C=O) groups excluding carboxylic acids is 1. The molecule has 0 fully saturated rings. The van der Waals surface area contributed by atoms with Crippen LogP contribution in [0.1, 0.15) is 27.2 Å². The summed E-state index contributed by atoms with van der Waals surface area (Å²) in [6, 6.07) is 6.69. The molecule has 10 heteroatoms. The van der Waals surface area contributed by atoms with Crippen LogP contribution in [0.15, 0.2) is 36.5 Å². The van der Waals surface area contributed by atoms with Gasteiger partial charge in [0.1, 0.15) is 11.4 Å². The van der Waals surface area contributed by atoms with Gasteiger partial charge in [-0.2, -0.15) is 0 Å². The summed E-state index contributed by atoms with van der Waals surface area (Å²) in [6.45, 7) is 6.01. The molecule has 1 heterocycles. The van der Waals surface area contributed by atoms with Crippen LogP contribution < -0.4 is 25.3 Å². The first-order chi connectivity index (χ1) is 16.1. The van der Waals surface area contributed by atoms with Crippen molar-refractivity contribution in [2.24, 2.45) is 0 Å². The van der Waals surface area contributed by atoms with Gasteiger partial charge in [0.15, 0.2) is 28.9 Å². The van der Waals surface area contributed by atoms with Crippen molar-refractivity contribution in [1.29, 1.82) is 0 Å². The maximum absolute atomic E-state index is 14.2. The van der Waals surface area contributed by atoms with Crippen LogP contribution in [0.5, 0.6) is 23.0 Å². The molecule has 34 heavy (non-hydrogen) atoms. The molecule has 182 valence electrons. The summed E-state index contributed by atoms with van der Waals surface area (Å²) in [4.78, 5) is 16.0. The molecule has 2 aromatic carbocycles. The monoisotopic (exact) mass is 475 g/mol. The molecule has 0 atom stereocenters. The molecule has 0 unspecified atom stereocenters. The lowest BCUT2D eigenvalue weighted by Crippen LogP contribution is -2.33. The minimum Gasteiger partial charge on any atom is -0.493 e. The summed E-state index contributed by atoms with van der Waals surface area (Å²) >= 11 is 0. The minimum absolute atomic E-state index is 0.0494. The number of aromatic nitrogens is 1. The molecule has 0 aliphatic heterocycles. The van der Waals surface area contributed by atoms with Crippen LogP contribution in [0.2, 0.25) is 0 Å². The third-order valence-electron chi connectivity index (χ3n) is 4.47. The van der Waals surface area contributed by atoms with Gasteiger partial charge in [0.25, 0.3) is 0 Å². The standard InChI is InChI=1S/C24H27F2N3O5/c1-24(2,3)34-23(30)29-7-5-9-32-21-13-18-15(12-20(21)31-4)19(6-8-28-18)33-22-16(25)10-14(27)11-17(22)26/h6,8,10-13H,5,7,9,27H2,1-4H3,(H,29,30). The number of amides is 1. The SMILES string of the molecule is COc1cc2c(Oc3c(F)cc(N)cc3F)ccnc2cc1OCCCNC(=O)OC(C)(C)C. The average Bonchev–Trinajstić information content (AvgIpc) is 2.74. The van der Waals surface area contributed by atoms with Gasteiger partial charge in [-0.15, -0.1) is 0 Å². The van der Waals surface area contributed by atoms with Gasteiger partial charge in [-0.1, -0.05) is 0 Å². The lowest BCUT2D eigenvalue weighted by Gasteiger charge is -2.19. The lowest BCUT2D eigenvalue weighted by molar-refractivity contribution is 0.0525. The van der Waals surface area contributed by atoms with Gasteiger partial charge in [0.2, 0.25) is 0 Å². The number of hydrogen-bond donors (Lipinski definition) is 2. The summed E-state index contributed by atoms with van der Waals surface area (Å²) in [6.07, 6.45) is 1.47. The highest BCUT2D eigenvalue weighted by molar-refractivity contribution is 5.88. The molecule has 0 saturated heterocycles. The number of anilines is 1. The quantitative estimate of drug-likeness (QED) is 0.341. The van der Waals surface area contributed by atoms with Gasteiger partial charge < -0.3 is 30.0 Å². The number of ether oxygens (including phenoxy) is 4. The van der Waals surface area contributed by atoms with Crippen LogP contribution in [-0.4, -0.2) is 36.9 Å². The molecule has 0 bridgehead atoms. The van der Waals surface area contributed by atoms with Crippen molar-refractivity contribution in [3.05, 3.63) is 48.2 Å². The summed E-state index contributed by atoms with van der Waals surface area (Å²) < 4.78 is 50.3. The van der Waals surface area contributed by atoms with E-state index >= 15 is 0 Å². The Bertz CT molecular complexity index is 1160. The van der Waals surface area contributed by atoms with E-state index in [4.69, 9.17) is 24.7 Å². The molecule has 0 aliphatic carbocycles. The molecule has 0 aliphatic rings. The molecule has 3 rings (SSSR count). The number of pyridine rings is 1. The molecule has 0 spiro atoms. The van der Waals surface area contributed by atoms with Gasteiger partial charge in [-0.25, -0.2) is 13.6 Å². The fraction of sp³-hybridized carbons (Fsp3) is 0.333.